The van der Waals surface area contributed by atoms with E-state index in [1.54, 1.807) is 16.0 Å². The maximum absolute atomic E-state index is 12.7. The maximum atomic E-state index is 12.7. The molecule has 0 aliphatic carbocycles. The summed E-state index contributed by atoms with van der Waals surface area (Å²) in [5.41, 5.74) is 1.26. The molecule has 2 aliphatic rings. The second-order valence-corrected chi connectivity index (χ2v) is 9.57. The molecular formula is C16H19N3O3S2. The van der Waals surface area contributed by atoms with Crippen molar-refractivity contribution < 1.29 is 13.2 Å². The van der Waals surface area contributed by atoms with E-state index in [4.69, 9.17) is 0 Å². The summed E-state index contributed by atoms with van der Waals surface area (Å²) < 4.78 is 25.5. The van der Waals surface area contributed by atoms with Crippen LogP contribution >= 0.6 is 11.3 Å². The summed E-state index contributed by atoms with van der Waals surface area (Å²) >= 11 is 1.57. The van der Waals surface area contributed by atoms with Crippen LogP contribution in [0.3, 0.4) is 0 Å². The van der Waals surface area contributed by atoms with E-state index in [0.29, 0.717) is 12.1 Å². The number of aromatic nitrogens is 2. The van der Waals surface area contributed by atoms with Gasteiger partial charge in [-0.05, 0) is 36.8 Å². The van der Waals surface area contributed by atoms with Gasteiger partial charge < -0.3 is 4.90 Å². The lowest BCUT2D eigenvalue weighted by atomic mass is 10.2. The molecule has 0 bridgehead atoms. The quantitative estimate of drug-likeness (QED) is 0.836. The van der Waals surface area contributed by atoms with Gasteiger partial charge in [-0.3, -0.25) is 9.48 Å². The van der Waals surface area contributed by atoms with Gasteiger partial charge in [0.1, 0.15) is 0 Å². The molecule has 0 N–H and O–H groups in total. The van der Waals surface area contributed by atoms with Crippen molar-refractivity contribution in [2.75, 3.05) is 24.6 Å². The second-order valence-electron chi connectivity index (χ2n) is 6.39. The summed E-state index contributed by atoms with van der Waals surface area (Å²) in [6, 6.07) is 5.56. The Morgan fingerprint density at radius 1 is 1.29 bits per heavy atom. The Morgan fingerprint density at radius 2 is 2.08 bits per heavy atom. The van der Waals surface area contributed by atoms with Crippen molar-refractivity contribution in [3.05, 3.63) is 29.3 Å². The smallest absolute Gasteiger partial charge is 0.274 e. The van der Waals surface area contributed by atoms with Gasteiger partial charge in [-0.15, -0.1) is 11.3 Å². The number of carbonyl (C=O) groups is 1. The lowest BCUT2D eigenvalue weighted by molar-refractivity contribution is 0.0786. The summed E-state index contributed by atoms with van der Waals surface area (Å²) in [6.45, 7) is 1.55. The minimum atomic E-state index is -3.01. The van der Waals surface area contributed by atoms with Gasteiger partial charge in [0.05, 0.1) is 28.1 Å². The van der Waals surface area contributed by atoms with Gasteiger partial charge in [0.15, 0.2) is 15.5 Å². The zero-order valence-corrected chi connectivity index (χ0v) is 14.9. The van der Waals surface area contributed by atoms with Crippen LogP contribution < -0.4 is 0 Å². The van der Waals surface area contributed by atoms with E-state index in [2.05, 4.69) is 5.10 Å². The van der Waals surface area contributed by atoms with Gasteiger partial charge in [0.2, 0.25) is 0 Å². The zero-order valence-electron chi connectivity index (χ0n) is 13.2. The monoisotopic (exact) mass is 365 g/mol. The molecule has 4 rings (SSSR count). The molecule has 2 fully saturated rings. The summed E-state index contributed by atoms with van der Waals surface area (Å²) in [4.78, 5) is 15.5. The van der Waals surface area contributed by atoms with Crippen LogP contribution in [0.1, 0.15) is 35.8 Å². The first-order chi connectivity index (χ1) is 11.5. The Hall–Kier alpha value is -1.67. The lowest BCUT2D eigenvalue weighted by Crippen LogP contribution is -2.28. The Kier molecular flexibility index (Phi) is 3.96. The number of hydrogen-bond acceptors (Lipinski definition) is 5. The van der Waals surface area contributed by atoms with Gasteiger partial charge in [-0.1, -0.05) is 6.07 Å². The van der Waals surface area contributed by atoms with Gasteiger partial charge in [-0.2, -0.15) is 5.10 Å². The van der Waals surface area contributed by atoms with Crippen molar-refractivity contribution in [1.82, 2.24) is 14.7 Å². The summed E-state index contributed by atoms with van der Waals surface area (Å²) in [7, 11) is -3.01. The van der Waals surface area contributed by atoms with Crippen molar-refractivity contribution in [2.24, 2.45) is 0 Å². The summed E-state index contributed by atoms with van der Waals surface area (Å²) in [6.07, 6.45) is 2.62. The van der Waals surface area contributed by atoms with Crippen LogP contribution in [0.4, 0.5) is 0 Å². The van der Waals surface area contributed by atoms with Crippen LogP contribution in [0, 0.1) is 0 Å². The van der Waals surface area contributed by atoms with E-state index in [1.807, 2.05) is 28.5 Å². The Bertz CT molecular complexity index is 849. The molecule has 2 aromatic rings. The molecule has 0 aromatic carbocycles. The molecule has 4 heterocycles. The van der Waals surface area contributed by atoms with Crippen LogP contribution in [0.25, 0.3) is 10.6 Å². The number of rotatable bonds is 3. The van der Waals surface area contributed by atoms with Crippen molar-refractivity contribution in [1.29, 1.82) is 0 Å². The summed E-state index contributed by atoms with van der Waals surface area (Å²) in [5, 5.41) is 6.50. The molecule has 24 heavy (non-hydrogen) atoms. The Labute approximate surface area is 145 Å². The van der Waals surface area contributed by atoms with Gasteiger partial charge in [0, 0.05) is 13.1 Å². The highest BCUT2D eigenvalue weighted by molar-refractivity contribution is 7.91. The van der Waals surface area contributed by atoms with Crippen molar-refractivity contribution in [3.63, 3.8) is 0 Å². The standard InChI is InChI=1S/C16H19N3O3S2/c20-16(18-6-1-2-7-18)13-10-14(15-4-3-8-23-15)19(17-13)12-5-9-24(21,22)11-12/h3-4,8,10,12H,1-2,5-7,9,11H2/t12-/m1/s1. The molecule has 6 nitrogen and oxygen atoms in total. The normalized spacial score (nSPS) is 23.0. The van der Waals surface area contributed by atoms with E-state index in [0.717, 1.165) is 36.5 Å². The molecular weight excluding hydrogens is 346 g/mol. The third-order valence-electron chi connectivity index (χ3n) is 4.68. The maximum Gasteiger partial charge on any atom is 0.274 e. The van der Waals surface area contributed by atoms with Crippen molar-refractivity contribution in [2.45, 2.75) is 25.3 Å². The number of hydrogen-bond donors (Lipinski definition) is 0. The number of carbonyl (C=O) groups excluding carboxylic acids is 1. The molecule has 2 saturated heterocycles. The van der Waals surface area contributed by atoms with E-state index >= 15 is 0 Å². The third kappa shape index (κ3) is 2.88. The first-order valence-electron chi connectivity index (χ1n) is 8.17. The van der Waals surface area contributed by atoms with Gasteiger partial charge in [-0.25, -0.2) is 8.42 Å². The SMILES string of the molecule is O=C(c1cc(-c2cccs2)n([C@@H]2CCS(=O)(=O)C2)n1)N1CCCC1. The second kappa shape index (κ2) is 6.00. The predicted molar refractivity (Wildman–Crippen MR) is 93.0 cm³/mol. The number of amides is 1. The first kappa shape index (κ1) is 15.8. The van der Waals surface area contributed by atoms with E-state index in [9.17, 15) is 13.2 Å². The van der Waals surface area contributed by atoms with Gasteiger partial charge >= 0.3 is 0 Å². The fourth-order valence-corrected chi connectivity index (χ4v) is 5.86. The van der Waals surface area contributed by atoms with Crippen LogP contribution in [0.2, 0.25) is 0 Å². The van der Waals surface area contributed by atoms with Gasteiger partial charge in [0.25, 0.3) is 5.91 Å². The molecule has 2 aliphatic heterocycles. The van der Waals surface area contributed by atoms with Crippen molar-refractivity contribution in [3.8, 4) is 10.6 Å². The van der Waals surface area contributed by atoms with E-state index < -0.39 is 9.84 Å². The molecule has 1 amide bonds. The highest BCUT2D eigenvalue weighted by atomic mass is 32.2. The molecule has 128 valence electrons. The molecule has 2 aromatic heterocycles. The zero-order chi connectivity index (χ0) is 16.7. The average molecular weight is 365 g/mol. The first-order valence-corrected chi connectivity index (χ1v) is 10.9. The number of thiophene rings is 1. The summed E-state index contributed by atoms with van der Waals surface area (Å²) in [5.74, 6) is 0.242. The Morgan fingerprint density at radius 3 is 2.71 bits per heavy atom. The minimum absolute atomic E-state index is 0.0510. The van der Waals surface area contributed by atoms with Crippen molar-refractivity contribution >= 4 is 27.1 Å². The van der Waals surface area contributed by atoms with Crippen LogP contribution in [0.5, 0.6) is 0 Å². The number of nitrogens with zero attached hydrogens (tertiary/aromatic N) is 3. The minimum Gasteiger partial charge on any atom is -0.337 e. The molecule has 0 unspecified atom stereocenters. The van der Waals surface area contributed by atoms with Crippen LogP contribution in [-0.4, -0.2) is 53.6 Å². The highest BCUT2D eigenvalue weighted by Crippen LogP contribution is 2.32. The molecule has 1 atom stereocenters. The van der Waals surface area contributed by atoms with E-state index in [-0.39, 0.29) is 23.5 Å². The largest absolute Gasteiger partial charge is 0.337 e. The predicted octanol–water partition coefficient (Wildman–Crippen LogP) is 2.21. The van der Waals surface area contributed by atoms with Crippen LogP contribution in [0.15, 0.2) is 23.6 Å². The van der Waals surface area contributed by atoms with Crippen LogP contribution in [-0.2, 0) is 9.84 Å². The Balaban J connectivity index is 1.72. The molecule has 8 heteroatoms. The fourth-order valence-electron chi connectivity index (χ4n) is 3.44. The lowest BCUT2D eigenvalue weighted by Gasteiger charge is -2.14. The number of sulfone groups is 1. The van der Waals surface area contributed by atoms with E-state index in [1.165, 1.54) is 0 Å². The average Bonchev–Trinajstić information content (AvgIpc) is 3.32. The molecule has 0 spiro atoms. The fraction of sp³-hybridized carbons (Fsp3) is 0.500. The third-order valence-corrected chi connectivity index (χ3v) is 7.32. The molecule has 0 radical (unpaired) electrons. The molecule has 0 saturated carbocycles. The topological polar surface area (TPSA) is 72.3 Å². The highest BCUT2D eigenvalue weighted by Gasteiger charge is 2.33. The number of likely N-dealkylation sites (tertiary alicyclic amines) is 1.